The van der Waals surface area contributed by atoms with Crippen molar-refractivity contribution in [3.63, 3.8) is 0 Å². The second-order valence-electron chi connectivity index (χ2n) is 7.62. The molecule has 0 rings (SSSR count). The van der Waals surface area contributed by atoms with Gasteiger partial charge >= 0.3 is 11.9 Å². The summed E-state index contributed by atoms with van der Waals surface area (Å²) >= 11 is 0. The molecule has 13 heteroatoms. The molecule has 11 nitrogen and oxygen atoms in total. The van der Waals surface area contributed by atoms with Crippen molar-refractivity contribution in [3.05, 3.63) is 0 Å². The molecular weight excluding hydrogens is 490 g/mol. The quantitative estimate of drug-likeness (QED) is 0.129. The molecule has 34 heavy (non-hydrogen) atoms. The van der Waals surface area contributed by atoms with Gasteiger partial charge in [-0.15, -0.1) is 23.7 Å². The standard InChI is InChI=1S/C10H17O4P.C8H10O4.C3H9O3P/c1-3-4-5-9(2)10(13)6-15(14,7-11)8-12;1-3-4-5-8(2,6(9)10)7(11)12;1-7(6,2-4)3-5/h9,11-12H,5-8H2,1-2H3;5H2,1-2H3,(H,9,10)(H,11,12);4-5H,2-3H2,1H3. The molecule has 0 saturated heterocycles. The molecule has 0 aliphatic heterocycles. The van der Waals surface area contributed by atoms with Crippen molar-refractivity contribution in [3.8, 4) is 23.7 Å². The number of aliphatic hydroxyl groups excluding tert-OH is 4. The molecule has 0 bridgehead atoms. The minimum Gasteiger partial charge on any atom is -0.480 e. The number of carbonyl (C=O) groups is 3. The first-order valence-electron chi connectivity index (χ1n) is 9.91. The summed E-state index contributed by atoms with van der Waals surface area (Å²) in [6.07, 6.45) is -2.04. The molecule has 0 spiro atoms. The van der Waals surface area contributed by atoms with Gasteiger partial charge in [0.2, 0.25) is 0 Å². The molecule has 0 aromatic carbocycles. The van der Waals surface area contributed by atoms with Crippen molar-refractivity contribution in [2.45, 2.75) is 40.5 Å². The number of carboxylic acids is 2. The molecule has 0 aliphatic carbocycles. The summed E-state index contributed by atoms with van der Waals surface area (Å²) in [5.41, 5.74) is -1.79. The Morgan fingerprint density at radius 1 is 0.853 bits per heavy atom. The smallest absolute Gasteiger partial charge is 0.321 e. The van der Waals surface area contributed by atoms with E-state index in [1.807, 2.05) is 0 Å². The zero-order valence-corrected chi connectivity index (χ0v) is 21.9. The third-order valence-electron chi connectivity index (χ3n) is 4.26. The average Bonchev–Trinajstić information content (AvgIpc) is 2.81. The maximum absolute atomic E-state index is 11.6. The lowest BCUT2D eigenvalue weighted by Gasteiger charge is -2.15. The minimum absolute atomic E-state index is 0.172. The first-order valence-corrected chi connectivity index (χ1v) is 14.7. The van der Waals surface area contributed by atoms with Crippen LogP contribution in [-0.2, 0) is 23.5 Å². The largest absolute Gasteiger partial charge is 0.480 e. The van der Waals surface area contributed by atoms with Gasteiger partial charge < -0.3 is 39.8 Å². The zero-order valence-electron chi connectivity index (χ0n) is 20.1. The Kier molecular flexibility index (Phi) is 19.8. The summed E-state index contributed by atoms with van der Waals surface area (Å²) in [6, 6.07) is 0. The highest BCUT2D eigenvalue weighted by molar-refractivity contribution is 7.64. The number of carboxylic acid groups (broad SMARTS) is 2. The molecular formula is C21H36O11P2. The maximum Gasteiger partial charge on any atom is 0.321 e. The summed E-state index contributed by atoms with van der Waals surface area (Å²) in [5.74, 6) is 7.09. The molecule has 0 radical (unpaired) electrons. The fourth-order valence-electron chi connectivity index (χ4n) is 1.51. The molecule has 0 aromatic rings. The van der Waals surface area contributed by atoms with E-state index in [-0.39, 0.29) is 24.3 Å². The van der Waals surface area contributed by atoms with Gasteiger partial charge in [0.25, 0.3) is 0 Å². The van der Waals surface area contributed by atoms with Crippen LogP contribution in [0, 0.1) is 35.0 Å². The summed E-state index contributed by atoms with van der Waals surface area (Å²) in [7, 11) is -5.65. The van der Waals surface area contributed by atoms with E-state index in [1.165, 1.54) is 13.6 Å². The van der Waals surface area contributed by atoms with Crippen molar-refractivity contribution in [1.29, 1.82) is 0 Å². The predicted octanol–water partition coefficient (Wildman–Crippen LogP) is 1.32. The summed E-state index contributed by atoms with van der Waals surface area (Å²) < 4.78 is 22.0. The third-order valence-corrected chi connectivity index (χ3v) is 7.37. The number of aliphatic carboxylic acids is 2. The number of carbonyl (C=O) groups excluding carboxylic acids is 1. The molecule has 6 N–H and O–H groups in total. The Morgan fingerprint density at radius 2 is 1.26 bits per heavy atom. The normalized spacial score (nSPS) is 11.6. The fraction of sp³-hybridized carbons (Fsp3) is 0.667. The molecule has 1 unspecified atom stereocenters. The maximum atomic E-state index is 11.6. The lowest BCUT2D eigenvalue weighted by atomic mass is 9.87. The van der Waals surface area contributed by atoms with Crippen molar-refractivity contribution in [2.75, 3.05) is 38.2 Å². The summed E-state index contributed by atoms with van der Waals surface area (Å²) in [6.45, 7) is 7.41. The van der Waals surface area contributed by atoms with Crippen molar-refractivity contribution >= 4 is 32.0 Å². The van der Waals surface area contributed by atoms with Gasteiger partial charge in [-0.3, -0.25) is 14.4 Å². The predicted molar refractivity (Wildman–Crippen MR) is 128 cm³/mol. The van der Waals surface area contributed by atoms with Crippen molar-refractivity contribution in [2.24, 2.45) is 11.3 Å². The molecule has 0 saturated carbocycles. The Hall–Kier alpha value is -1.97. The Labute approximate surface area is 200 Å². The van der Waals surface area contributed by atoms with Gasteiger partial charge in [0, 0.05) is 18.8 Å². The van der Waals surface area contributed by atoms with Crippen LogP contribution in [0.1, 0.15) is 40.5 Å². The van der Waals surface area contributed by atoms with Crippen LogP contribution in [0.15, 0.2) is 0 Å². The lowest BCUT2D eigenvalue weighted by Crippen LogP contribution is -2.35. The van der Waals surface area contributed by atoms with Gasteiger partial charge in [-0.1, -0.05) is 6.92 Å². The van der Waals surface area contributed by atoms with Crippen LogP contribution < -0.4 is 0 Å². The molecule has 0 heterocycles. The zero-order chi connectivity index (χ0) is 27.6. The van der Waals surface area contributed by atoms with E-state index in [2.05, 4.69) is 23.7 Å². The number of hydrogen-bond acceptors (Lipinski definition) is 9. The molecule has 196 valence electrons. The topological polar surface area (TPSA) is 207 Å². The van der Waals surface area contributed by atoms with E-state index in [9.17, 15) is 23.5 Å². The van der Waals surface area contributed by atoms with Gasteiger partial charge in [0.05, 0.1) is 31.6 Å². The SMILES string of the molecule is CC#CCC(C)(C(=O)O)C(=O)O.CC#CCC(C)C(=O)CP(=O)(CO)CO.CP(=O)(CO)CO. The lowest BCUT2D eigenvalue weighted by molar-refractivity contribution is -0.162. The van der Waals surface area contributed by atoms with E-state index in [4.69, 9.17) is 30.6 Å². The second-order valence-corrected chi connectivity index (χ2v) is 13.8. The van der Waals surface area contributed by atoms with E-state index in [0.717, 1.165) is 6.92 Å². The number of aliphatic hydroxyl groups is 4. The number of hydrogen-bond donors (Lipinski definition) is 6. The molecule has 0 fully saturated rings. The van der Waals surface area contributed by atoms with Gasteiger partial charge in [-0.2, -0.15) is 0 Å². The van der Waals surface area contributed by atoms with Crippen molar-refractivity contribution < 1.29 is 54.2 Å². The highest BCUT2D eigenvalue weighted by Gasteiger charge is 2.40. The van der Waals surface area contributed by atoms with Crippen LogP contribution in [0.25, 0.3) is 0 Å². The number of ketones is 1. The van der Waals surface area contributed by atoms with Gasteiger partial charge in [-0.25, -0.2) is 0 Å². The molecule has 0 amide bonds. The van der Waals surface area contributed by atoms with Gasteiger partial charge in [0.1, 0.15) is 20.1 Å². The molecule has 1 atom stereocenters. The first kappa shape index (κ1) is 36.6. The third kappa shape index (κ3) is 15.8. The monoisotopic (exact) mass is 526 g/mol. The Morgan fingerprint density at radius 3 is 1.53 bits per heavy atom. The minimum atomic E-state index is -3.11. The van der Waals surface area contributed by atoms with Crippen molar-refractivity contribution in [1.82, 2.24) is 0 Å². The summed E-state index contributed by atoms with van der Waals surface area (Å²) in [5, 5.41) is 51.1. The van der Waals surface area contributed by atoms with Crippen LogP contribution in [-0.4, -0.2) is 86.6 Å². The second kappa shape index (κ2) is 18.4. The van der Waals surface area contributed by atoms with Gasteiger partial charge in [0.15, 0.2) is 5.41 Å². The van der Waals surface area contributed by atoms with Crippen LogP contribution in [0.4, 0.5) is 0 Å². The highest BCUT2D eigenvalue weighted by atomic mass is 31.2. The fourth-order valence-corrected chi connectivity index (χ4v) is 2.76. The first-order chi connectivity index (χ1) is 15.6. The van der Waals surface area contributed by atoms with Gasteiger partial charge in [-0.05, 0) is 27.4 Å². The van der Waals surface area contributed by atoms with Crippen LogP contribution in [0.2, 0.25) is 0 Å². The van der Waals surface area contributed by atoms with Crippen LogP contribution in [0.3, 0.4) is 0 Å². The Balaban J connectivity index is -0.000000452. The van der Waals surface area contributed by atoms with E-state index < -0.39 is 57.0 Å². The Bertz CT molecular complexity index is 845. The van der Waals surface area contributed by atoms with Crippen LogP contribution >= 0.6 is 14.3 Å². The van der Waals surface area contributed by atoms with Crippen LogP contribution in [0.5, 0.6) is 0 Å². The number of Topliss-reactive ketones (excluding diaryl/α,β-unsaturated/α-hetero) is 1. The molecule has 0 aromatic heterocycles. The molecule has 0 aliphatic rings. The van der Waals surface area contributed by atoms with E-state index >= 15 is 0 Å². The summed E-state index contributed by atoms with van der Waals surface area (Å²) in [4.78, 5) is 32.6. The highest BCUT2D eigenvalue weighted by Crippen LogP contribution is 2.43. The van der Waals surface area contributed by atoms with E-state index in [0.29, 0.717) is 6.42 Å². The number of rotatable bonds is 11. The average molecular weight is 526 g/mol. The van der Waals surface area contributed by atoms with E-state index in [1.54, 1.807) is 13.8 Å².